The van der Waals surface area contributed by atoms with Crippen LogP contribution >= 0.6 is 28.1 Å². The van der Waals surface area contributed by atoms with Crippen LogP contribution in [0.3, 0.4) is 0 Å². The van der Waals surface area contributed by atoms with Gasteiger partial charge in [-0.05, 0) is 52.7 Å². The summed E-state index contributed by atoms with van der Waals surface area (Å²) >= 11 is 8.37. The normalized spacial score (nSPS) is 10.3. The molecule has 0 aliphatic rings. The van der Waals surface area contributed by atoms with Crippen molar-refractivity contribution in [3.63, 3.8) is 0 Å². The summed E-state index contributed by atoms with van der Waals surface area (Å²) < 4.78 is 13.7. The second kappa shape index (κ2) is 5.67. The van der Waals surface area contributed by atoms with Gasteiger partial charge in [-0.1, -0.05) is 24.4 Å². The molecular weight excluding hydrogens is 327 g/mol. The van der Waals surface area contributed by atoms with Gasteiger partial charge in [-0.15, -0.1) is 0 Å². The standard InChI is InChI=1S/C14H12BrFN2S/c1-8-3-2-4-10(14(17)19)13(8)18-12-6-5-9(16)7-11(12)15/h2-7,18H,1H3,(H2,17,19). The SMILES string of the molecule is Cc1cccc(C(N)=S)c1Nc1ccc(F)cc1Br. The van der Waals surface area contributed by atoms with Gasteiger partial charge in [-0.25, -0.2) is 4.39 Å². The van der Waals surface area contributed by atoms with E-state index in [2.05, 4.69) is 21.2 Å². The Balaban J connectivity index is 2.46. The second-order valence-corrected chi connectivity index (χ2v) is 5.41. The lowest BCUT2D eigenvalue weighted by Crippen LogP contribution is -2.12. The molecule has 0 amide bonds. The molecule has 2 aromatic rings. The molecule has 0 aliphatic carbocycles. The van der Waals surface area contributed by atoms with Crippen molar-refractivity contribution in [2.75, 3.05) is 5.32 Å². The number of aryl methyl sites for hydroxylation is 1. The highest BCUT2D eigenvalue weighted by molar-refractivity contribution is 9.10. The van der Waals surface area contributed by atoms with E-state index in [-0.39, 0.29) is 5.82 Å². The van der Waals surface area contributed by atoms with E-state index < -0.39 is 0 Å². The molecule has 0 spiro atoms. The molecule has 0 saturated carbocycles. The maximum absolute atomic E-state index is 13.1. The molecule has 0 heterocycles. The molecule has 2 nitrogen and oxygen atoms in total. The van der Waals surface area contributed by atoms with Crippen LogP contribution in [-0.4, -0.2) is 4.99 Å². The first-order chi connectivity index (χ1) is 8.99. The highest BCUT2D eigenvalue weighted by Gasteiger charge is 2.10. The predicted molar refractivity (Wildman–Crippen MR) is 84.4 cm³/mol. The van der Waals surface area contributed by atoms with Gasteiger partial charge in [0.05, 0.1) is 11.4 Å². The van der Waals surface area contributed by atoms with Gasteiger partial charge in [0.2, 0.25) is 0 Å². The quantitative estimate of drug-likeness (QED) is 0.820. The maximum atomic E-state index is 13.1. The third kappa shape index (κ3) is 3.11. The summed E-state index contributed by atoms with van der Waals surface area (Å²) in [6.07, 6.45) is 0. The summed E-state index contributed by atoms with van der Waals surface area (Å²) in [5.74, 6) is -0.295. The van der Waals surface area contributed by atoms with E-state index in [1.165, 1.54) is 12.1 Å². The fourth-order valence-corrected chi connectivity index (χ4v) is 2.38. The Morgan fingerprint density at radius 1 is 1.32 bits per heavy atom. The summed E-state index contributed by atoms with van der Waals surface area (Å²) in [5.41, 5.74) is 9.10. The van der Waals surface area contributed by atoms with Crippen LogP contribution in [0.2, 0.25) is 0 Å². The second-order valence-electron chi connectivity index (χ2n) is 4.11. The Kier molecular flexibility index (Phi) is 4.17. The summed E-state index contributed by atoms with van der Waals surface area (Å²) in [5, 5.41) is 3.24. The third-order valence-electron chi connectivity index (χ3n) is 2.73. The molecule has 2 rings (SSSR count). The minimum atomic E-state index is -0.295. The Bertz CT molecular complexity index is 643. The largest absolute Gasteiger partial charge is 0.389 e. The van der Waals surface area contributed by atoms with Crippen LogP contribution in [-0.2, 0) is 0 Å². The van der Waals surface area contributed by atoms with Crippen LogP contribution in [0.25, 0.3) is 0 Å². The van der Waals surface area contributed by atoms with E-state index in [1.807, 2.05) is 25.1 Å². The van der Waals surface area contributed by atoms with Gasteiger partial charge in [0.15, 0.2) is 0 Å². The Hall–Kier alpha value is -1.46. The van der Waals surface area contributed by atoms with Crippen LogP contribution in [0, 0.1) is 12.7 Å². The first-order valence-corrected chi connectivity index (χ1v) is 6.80. The van der Waals surface area contributed by atoms with Gasteiger partial charge in [0.25, 0.3) is 0 Å². The highest BCUT2D eigenvalue weighted by Crippen LogP contribution is 2.30. The summed E-state index contributed by atoms with van der Waals surface area (Å²) in [7, 11) is 0. The van der Waals surface area contributed by atoms with E-state index in [4.69, 9.17) is 18.0 Å². The van der Waals surface area contributed by atoms with E-state index in [9.17, 15) is 4.39 Å². The zero-order valence-corrected chi connectivity index (χ0v) is 12.6. The Morgan fingerprint density at radius 2 is 2.05 bits per heavy atom. The van der Waals surface area contributed by atoms with E-state index in [1.54, 1.807) is 6.07 Å². The molecule has 0 unspecified atom stereocenters. The number of nitrogens with one attached hydrogen (secondary N) is 1. The number of hydrogen-bond acceptors (Lipinski definition) is 2. The van der Waals surface area contributed by atoms with Gasteiger partial charge in [-0.2, -0.15) is 0 Å². The lowest BCUT2D eigenvalue weighted by Gasteiger charge is -2.15. The number of rotatable bonds is 3. The first kappa shape index (κ1) is 14.0. The molecular formula is C14H12BrFN2S. The number of benzene rings is 2. The van der Waals surface area contributed by atoms with Crippen LogP contribution in [0.15, 0.2) is 40.9 Å². The molecule has 5 heteroatoms. The maximum Gasteiger partial charge on any atom is 0.124 e. The van der Waals surface area contributed by atoms with Crippen molar-refractivity contribution in [1.29, 1.82) is 0 Å². The fourth-order valence-electron chi connectivity index (χ4n) is 1.76. The number of nitrogens with two attached hydrogens (primary N) is 1. The van der Waals surface area contributed by atoms with E-state index in [0.29, 0.717) is 9.46 Å². The molecule has 0 atom stereocenters. The highest BCUT2D eigenvalue weighted by atomic mass is 79.9. The smallest absolute Gasteiger partial charge is 0.124 e. The third-order valence-corrected chi connectivity index (χ3v) is 3.61. The van der Waals surface area contributed by atoms with Gasteiger partial charge >= 0.3 is 0 Å². The zero-order chi connectivity index (χ0) is 14.0. The lowest BCUT2D eigenvalue weighted by atomic mass is 10.1. The number of para-hydroxylation sites is 1. The summed E-state index contributed by atoms with van der Waals surface area (Å²) in [4.78, 5) is 0.324. The van der Waals surface area contributed by atoms with Crippen molar-refractivity contribution in [2.24, 2.45) is 5.73 Å². The molecule has 2 aromatic carbocycles. The molecule has 0 aromatic heterocycles. The van der Waals surface area contributed by atoms with Crippen molar-refractivity contribution < 1.29 is 4.39 Å². The minimum absolute atomic E-state index is 0.295. The Morgan fingerprint density at radius 3 is 2.68 bits per heavy atom. The van der Waals surface area contributed by atoms with Crippen molar-refractivity contribution in [3.8, 4) is 0 Å². The first-order valence-electron chi connectivity index (χ1n) is 5.60. The van der Waals surface area contributed by atoms with E-state index in [0.717, 1.165) is 22.5 Å². The molecule has 0 saturated heterocycles. The molecule has 0 aliphatic heterocycles. The molecule has 0 fully saturated rings. The van der Waals surface area contributed by atoms with Gasteiger partial charge < -0.3 is 11.1 Å². The number of anilines is 2. The lowest BCUT2D eigenvalue weighted by molar-refractivity contribution is 0.627. The van der Waals surface area contributed by atoms with Crippen molar-refractivity contribution in [1.82, 2.24) is 0 Å². The molecule has 19 heavy (non-hydrogen) atoms. The van der Waals surface area contributed by atoms with Gasteiger partial charge in [-0.3, -0.25) is 0 Å². The molecule has 0 bridgehead atoms. The Labute approximate surface area is 124 Å². The topological polar surface area (TPSA) is 38.0 Å². The zero-order valence-electron chi connectivity index (χ0n) is 10.2. The average molecular weight is 339 g/mol. The van der Waals surface area contributed by atoms with E-state index >= 15 is 0 Å². The van der Waals surface area contributed by atoms with Crippen molar-refractivity contribution in [2.45, 2.75) is 6.92 Å². The minimum Gasteiger partial charge on any atom is -0.389 e. The molecule has 3 N–H and O–H groups in total. The number of hydrogen-bond donors (Lipinski definition) is 2. The predicted octanol–water partition coefficient (Wildman–Crippen LogP) is 4.27. The summed E-state index contributed by atoms with van der Waals surface area (Å²) in [6, 6.07) is 10.2. The van der Waals surface area contributed by atoms with Crippen LogP contribution < -0.4 is 11.1 Å². The summed E-state index contributed by atoms with van der Waals surface area (Å²) in [6.45, 7) is 1.96. The van der Waals surface area contributed by atoms with Crippen LogP contribution in [0.1, 0.15) is 11.1 Å². The number of thiocarbonyl (C=S) groups is 1. The monoisotopic (exact) mass is 338 g/mol. The van der Waals surface area contributed by atoms with Gasteiger partial charge in [0.1, 0.15) is 10.8 Å². The molecule has 0 radical (unpaired) electrons. The van der Waals surface area contributed by atoms with Crippen LogP contribution in [0.4, 0.5) is 15.8 Å². The molecule has 98 valence electrons. The van der Waals surface area contributed by atoms with Crippen molar-refractivity contribution in [3.05, 3.63) is 57.8 Å². The fraction of sp³-hybridized carbons (Fsp3) is 0.0714. The van der Waals surface area contributed by atoms with Gasteiger partial charge in [0, 0.05) is 10.0 Å². The number of halogens is 2. The van der Waals surface area contributed by atoms with Crippen molar-refractivity contribution >= 4 is 44.5 Å². The average Bonchev–Trinajstić information content (AvgIpc) is 2.34. The van der Waals surface area contributed by atoms with Crippen LogP contribution in [0.5, 0.6) is 0 Å².